The normalized spacial score (nSPS) is 16.5. The van der Waals surface area contributed by atoms with Crippen LogP contribution in [0, 0.1) is 0 Å². The van der Waals surface area contributed by atoms with Crippen molar-refractivity contribution in [3.8, 4) is 0 Å². The zero-order valence-electron chi connectivity index (χ0n) is 16.3. The van der Waals surface area contributed by atoms with Crippen LogP contribution in [0.15, 0.2) is 95.3 Å². The van der Waals surface area contributed by atoms with Gasteiger partial charge in [-0.05, 0) is 30.3 Å². The number of benzene rings is 3. The van der Waals surface area contributed by atoms with Crippen LogP contribution in [-0.2, 0) is 7.05 Å². The minimum Gasteiger partial charge on any atom is -0.350 e. The summed E-state index contributed by atoms with van der Waals surface area (Å²) in [6.45, 7) is 0. The molecule has 5 rings (SSSR count). The molecule has 1 N–H and O–H groups in total. The second-order valence-electron chi connectivity index (χ2n) is 7.24. The van der Waals surface area contributed by atoms with E-state index in [9.17, 15) is 5.21 Å². The maximum absolute atomic E-state index is 11.4. The lowest BCUT2D eigenvalue weighted by Gasteiger charge is -2.31. The number of rotatable bonds is 3. The predicted octanol–water partition coefficient (Wildman–Crippen LogP) is 5.43. The van der Waals surface area contributed by atoms with E-state index in [0.717, 1.165) is 27.6 Å². The van der Waals surface area contributed by atoms with Gasteiger partial charge in [0.05, 0.1) is 0 Å². The summed E-state index contributed by atoms with van der Waals surface area (Å²) in [5.41, 5.74) is 4.38. The Labute approximate surface area is 179 Å². The van der Waals surface area contributed by atoms with Crippen molar-refractivity contribution < 1.29 is 5.21 Å². The highest BCUT2D eigenvalue weighted by Gasteiger charge is 2.34. The minimum absolute atomic E-state index is 0.379. The molecule has 30 heavy (non-hydrogen) atoms. The van der Waals surface area contributed by atoms with Gasteiger partial charge in [0, 0.05) is 45.9 Å². The second kappa shape index (κ2) is 7.44. The average Bonchev–Trinajstić information content (AvgIpc) is 3.11. The molecule has 1 aliphatic heterocycles. The van der Waals surface area contributed by atoms with Gasteiger partial charge >= 0.3 is 0 Å². The Morgan fingerprint density at radius 3 is 2.30 bits per heavy atom. The Morgan fingerprint density at radius 1 is 0.833 bits per heavy atom. The summed E-state index contributed by atoms with van der Waals surface area (Å²) in [6, 6.07) is 24.7. The second-order valence-corrected chi connectivity index (χ2v) is 7.68. The molecule has 0 aliphatic carbocycles. The van der Waals surface area contributed by atoms with Crippen molar-refractivity contribution in [3.63, 3.8) is 0 Å². The van der Waals surface area contributed by atoms with E-state index in [4.69, 9.17) is 11.6 Å². The Hall–Kier alpha value is -3.41. The number of hydrogen-bond donors (Lipinski definition) is 1. The topological polar surface area (TPSA) is 53.1 Å². The summed E-state index contributed by atoms with van der Waals surface area (Å²) in [7, 11) is 2.00. The third-order valence-corrected chi connectivity index (χ3v) is 5.62. The van der Waals surface area contributed by atoms with E-state index in [1.165, 1.54) is 5.06 Å². The molecular formula is C24H19ClN4O. The lowest BCUT2D eigenvalue weighted by molar-refractivity contribution is -0.0343. The molecule has 148 valence electrons. The third-order valence-electron chi connectivity index (χ3n) is 5.37. The Morgan fingerprint density at radius 2 is 1.53 bits per heavy atom. The summed E-state index contributed by atoms with van der Waals surface area (Å²) < 4.78 is 2.06. The first-order chi connectivity index (χ1) is 14.6. The summed E-state index contributed by atoms with van der Waals surface area (Å²) >= 11 is 6.04. The van der Waals surface area contributed by atoms with Gasteiger partial charge in [-0.15, -0.1) is 5.10 Å². The van der Waals surface area contributed by atoms with Crippen molar-refractivity contribution in [1.82, 2.24) is 9.63 Å². The average molecular weight is 415 g/mol. The zero-order valence-corrected chi connectivity index (χ0v) is 17.0. The molecule has 0 saturated carbocycles. The van der Waals surface area contributed by atoms with Gasteiger partial charge < -0.3 is 4.57 Å². The van der Waals surface area contributed by atoms with Crippen molar-refractivity contribution >= 4 is 34.1 Å². The molecule has 1 aromatic heterocycles. The van der Waals surface area contributed by atoms with E-state index in [0.29, 0.717) is 16.6 Å². The van der Waals surface area contributed by atoms with Crippen LogP contribution in [0.5, 0.6) is 0 Å². The highest BCUT2D eigenvalue weighted by atomic mass is 35.5. The fourth-order valence-corrected chi connectivity index (χ4v) is 4.05. The number of hydrogen-bond acceptors (Lipinski definition) is 4. The van der Waals surface area contributed by atoms with Crippen LogP contribution >= 0.6 is 11.6 Å². The first-order valence-electron chi connectivity index (χ1n) is 9.62. The van der Waals surface area contributed by atoms with Gasteiger partial charge in [-0.1, -0.05) is 60.1 Å². The molecule has 0 fully saturated rings. The fraction of sp³-hybridized carbons (Fsp3) is 0.0833. The number of aryl methyl sites for hydroxylation is 1. The number of amidine groups is 1. The van der Waals surface area contributed by atoms with Crippen LogP contribution in [0.4, 0.5) is 0 Å². The number of aromatic nitrogens is 1. The molecule has 0 amide bonds. The zero-order chi connectivity index (χ0) is 20.7. The van der Waals surface area contributed by atoms with Crippen LogP contribution in [0.3, 0.4) is 0 Å². The van der Waals surface area contributed by atoms with Gasteiger partial charge in [-0.25, -0.2) is 5.06 Å². The van der Waals surface area contributed by atoms with Gasteiger partial charge in [0.25, 0.3) is 0 Å². The molecule has 5 nitrogen and oxygen atoms in total. The third kappa shape index (κ3) is 3.09. The molecule has 1 atom stereocenters. The Kier molecular flexibility index (Phi) is 4.62. The van der Waals surface area contributed by atoms with Gasteiger partial charge in [0.1, 0.15) is 11.8 Å². The highest BCUT2D eigenvalue weighted by Crippen LogP contribution is 2.35. The lowest BCUT2D eigenvalue weighted by Crippen LogP contribution is -2.39. The maximum Gasteiger partial charge on any atom is 0.182 e. The summed E-state index contributed by atoms with van der Waals surface area (Å²) in [5.74, 6) is 0.379. The minimum atomic E-state index is -0.512. The molecule has 3 aromatic carbocycles. The quantitative estimate of drug-likeness (QED) is 0.486. The molecule has 0 unspecified atom stereocenters. The van der Waals surface area contributed by atoms with Crippen molar-refractivity contribution in [1.29, 1.82) is 0 Å². The van der Waals surface area contributed by atoms with Crippen LogP contribution in [0.1, 0.15) is 22.7 Å². The largest absolute Gasteiger partial charge is 0.350 e. The summed E-state index contributed by atoms with van der Waals surface area (Å²) in [6.07, 6.45) is 2.04. The molecular weight excluding hydrogens is 396 g/mol. The number of nitrogens with zero attached hydrogens (tertiary/aromatic N) is 4. The SMILES string of the molecule is Cn1cc([C@@H]2C(c3ccccc3)=NN=C(c3ccc(Cl)cc3)N2O)c2ccccc21. The Bertz CT molecular complexity index is 1280. The number of hydroxylamine groups is 2. The maximum atomic E-state index is 11.4. The van der Waals surface area contributed by atoms with Crippen LogP contribution in [0.2, 0.25) is 5.02 Å². The fourth-order valence-electron chi connectivity index (χ4n) is 3.92. The molecule has 0 spiro atoms. The van der Waals surface area contributed by atoms with E-state index in [2.05, 4.69) is 26.9 Å². The van der Waals surface area contributed by atoms with E-state index in [1.54, 1.807) is 12.1 Å². The molecule has 2 heterocycles. The number of halogens is 1. The van der Waals surface area contributed by atoms with Gasteiger partial charge in [0.15, 0.2) is 5.84 Å². The molecule has 6 heteroatoms. The van der Waals surface area contributed by atoms with E-state index in [-0.39, 0.29) is 0 Å². The van der Waals surface area contributed by atoms with Crippen molar-refractivity contribution in [2.75, 3.05) is 0 Å². The first kappa shape index (κ1) is 18.6. The molecule has 0 radical (unpaired) electrons. The van der Waals surface area contributed by atoms with Crippen molar-refractivity contribution in [2.45, 2.75) is 6.04 Å². The van der Waals surface area contributed by atoms with Crippen LogP contribution in [-0.4, -0.2) is 26.4 Å². The standard InChI is InChI=1S/C24H19ClN4O/c1-28-15-20(19-9-5-6-10-21(19)28)23-22(16-7-3-2-4-8-16)26-27-24(29(23)30)17-11-13-18(25)14-12-17/h2-15,23,30H,1H3/t23-/m1/s1. The van der Waals surface area contributed by atoms with E-state index in [1.807, 2.05) is 67.8 Å². The molecule has 0 saturated heterocycles. The number of fused-ring (bicyclic) bond motifs is 1. The first-order valence-corrected chi connectivity index (χ1v) is 10.0. The summed E-state index contributed by atoms with van der Waals surface area (Å²) in [4.78, 5) is 0. The smallest absolute Gasteiger partial charge is 0.182 e. The van der Waals surface area contributed by atoms with Crippen molar-refractivity contribution in [3.05, 3.63) is 107 Å². The molecule has 0 bridgehead atoms. The monoisotopic (exact) mass is 414 g/mol. The predicted molar refractivity (Wildman–Crippen MR) is 120 cm³/mol. The lowest BCUT2D eigenvalue weighted by atomic mass is 9.94. The van der Waals surface area contributed by atoms with E-state index >= 15 is 0 Å². The van der Waals surface area contributed by atoms with Crippen LogP contribution < -0.4 is 0 Å². The number of para-hydroxylation sites is 1. The Balaban J connectivity index is 1.71. The van der Waals surface area contributed by atoms with Crippen molar-refractivity contribution in [2.24, 2.45) is 17.3 Å². The summed E-state index contributed by atoms with van der Waals surface area (Å²) in [5, 5.41) is 23.2. The van der Waals surface area contributed by atoms with E-state index < -0.39 is 6.04 Å². The van der Waals surface area contributed by atoms with Gasteiger partial charge in [-0.3, -0.25) is 5.21 Å². The highest BCUT2D eigenvalue weighted by molar-refractivity contribution is 6.30. The van der Waals surface area contributed by atoms with Gasteiger partial charge in [0.2, 0.25) is 0 Å². The van der Waals surface area contributed by atoms with Crippen LogP contribution in [0.25, 0.3) is 10.9 Å². The molecule has 1 aliphatic rings. The molecule has 4 aromatic rings. The van der Waals surface area contributed by atoms with Gasteiger partial charge in [-0.2, -0.15) is 5.10 Å².